The van der Waals surface area contributed by atoms with Crippen molar-refractivity contribution in [2.75, 3.05) is 0 Å². The molecule has 0 fully saturated rings. The normalized spacial score (nSPS) is 10.9. The largest absolute Gasteiger partial charge is 0.275 e. The first-order chi connectivity index (χ1) is 5.66. The number of aryl methyl sites for hydroxylation is 1. The number of benzene rings is 1. The molecule has 0 aliphatic carbocycles. The van der Waals surface area contributed by atoms with Gasteiger partial charge in [0, 0.05) is 18.6 Å². The van der Waals surface area contributed by atoms with Crippen LogP contribution in [0.15, 0.2) is 18.3 Å². The minimum absolute atomic E-state index is 0.544. The summed E-state index contributed by atoms with van der Waals surface area (Å²) < 4.78 is 1.73. The molecule has 4 heteroatoms. The minimum atomic E-state index is 0.544. The van der Waals surface area contributed by atoms with Crippen molar-refractivity contribution in [3.8, 4) is 0 Å². The zero-order valence-corrected chi connectivity index (χ0v) is 7.89. The van der Waals surface area contributed by atoms with Gasteiger partial charge in [0.05, 0.1) is 15.6 Å². The van der Waals surface area contributed by atoms with Crippen molar-refractivity contribution in [1.82, 2.24) is 9.78 Å². The maximum atomic E-state index is 5.83. The van der Waals surface area contributed by atoms with Gasteiger partial charge in [-0.25, -0.2) is 0 Å². The summed E-state index contributed by atoms with van der Waals surface area (Å²) in [5, 5.41) is 6.31. The molecule has 0 spiro atoms. The van der Waals surface area contributed by atoms with Gasteiger partial charge in [-0.05, 0) is 12.1 Å². The molecule has 0 saturated heterocycles. The van der Waals surface area contributed by atoms with Gasteiger partial charge >= 0.3 is 0 Å². The molecule has 0 atom stereocenters. The van der Waals surface area contributed by atoms with Crippen LogP contribution in [0.1, 0.15) is 0 Å². The maximum Gasteiger partial charge on any atom is 0.0939 e. The standard InChI is InChI=1S/C8H6Cl2N2/c1-12-4-5-2-6(9)7(10)3-8(5)11-12/h2-4H,1H3. The first kappa shape index (κ1) is 7.90. The molecule has 62 valence electrons. The van der Waals surface area contributed by atoms with E-state index in [1.54, 1.807) is 10.7 Å². The molecule has 0 aliphatic rings. The van der Waals surface area contributed by atoms with Gasteiger partial charge < -0.3 is 0 Å². The van der Waals surface area contributed by atoms with Crippen LogP contribution in [-0.2, 0) is 7.05 Å². The lowest BCUT2D eigenvalue weighted by Crippen LogP contribution is -1.84. The van der Waals surface area contributed by atoms with Crippen molar-refractivity contribution in [2.24, 2.45) is 7.05 Å². The second-order valence-electron chi connectivity index (χ2n) is 2.63. The summed E-state index contributed by atoms with van der Waals surface area (Å²) in [6.07, 6.45) is 1.90. The van der Waals surface area contributed by atoms with E-state index in [4.69, 9.17) is 23.2 Å². The summed E-state index contributed by atoms with van der Waals surface area (Å²) in [5.74, 6) is 0. The van der Waals surface area contributed by atoms with Crippen LogP contribution in [0.4, 0.5) is 0 Å². The number of nitrogens with zero attached hydrogens (tertiary/aromatic N) is 2. The quantitative estimate of drug-likeness (QED) is 0.640. The Morgan fingerprint density at radius 2 is 1.92 bits per heavy atom. The smallest absolute Gasteiger partial charge is 0.0939 e. The van der Waals surface area contributed by atoms with E-state index in [1.807, 2.05) is 19.3 Å². The van der Waals surface area contributed by atoms with E-state index >= 15 is 0 Å². The highest BCUT2D eigenvalue weighted by Gasteiger charge is 2.02. The number of fused-ring (bicyclic) bond motifs is 1. The number of hydrogen-bond acceptors (Lipinski definition) is 1. The number of hydrogen-bond donors (Lipinski definition) is 0. The fraction of sp³-hybridized carbons (Fsp3) is 0.125. The Morgan fingerprint density at radius 3 is 2.67 bits per heavy atom. The molecule has 1 aromatic heterocycles. The summed E-state index contributed by atoms with van der Waals surface area (Å²) in [7, 11) is 1.86. The molecule has 1 aromatic carbocycles. The van der Waals surface area contributed by atoms with E-state index in [2.05, 4.69) is 5.10 Å². The second kappa shape index (κ2) is 2.64. The highest BCUT2D eigenvalue weighted by molar-refractivity contribution is 6.42. The highest BCUT2D eigenvalue weighted by atomic mass is 35.5. The zero-order valence-electron chi connectivity index (χ0n) is 6.38. The molecule has 2 rings (SSSR count). The van der Waals surface area contributed by atoms with Gasteiger partial charge in [0.1, 0.15) is 0 Å². The Morgan fingerprint density at radius 1 is 1.25 bits per heavy atom. The Labute approximate surface area is 79.7 Å². The van der Waals surface area contributed by atoms with Crippen LogP contribution in [0.2, 0.25) is 10.0 Å². The molecule has 0 bridgehead atoms. The summed E-state index contributed by atoms with van der Waals surface area (Å²) in [6, 6.07) is 3.57. The Kier molecular flexibility index (Phi) is 1.74. The van der Waals surface area contributed by atoms with Gasteiger partial charge in [-0.15, -0.1) is 0 Å². The molecule has 0 saturated carbocycles. The first-order valence-electron chi connectivity index (χ1n) is 3.45. The lowest BCUT2D eigenvalue weighted by atomic mass is 10.3. The van der Waals surface area contributed by atoms with Crippen LogP contribution < -0.4 is 0 Å². The molecule has 2 nitrogen and oxygen atoms in total. The molecule has 0 unspecified atom stereocenters. The van der Waals surface area contributed by atoms with Gasteiger partial charge in [-0.3, -0.25) is 4.68 Å². The lowest BCUT2D eigenvalue weighted by Gasteiger charge is -1.92. The van der Waals surface area contributed by atoms with Crippen molar-refractivity contribution in [3.63, 3.8) is 0 Å². The maximum absolute atomic E-state index is 5.83. The lowest BCUT2D eigenvalue weighted by molar-refractivity contribution is 0.780. The van der Waals surface area contributed by atoms with Crippen LogP contribution in [0.5, 0.6) is 0 Å². The number of rotatable bonds is 0. The van der Waals surface area contributed by atoms with E-state index in [9.17, 15) is 0 Å². The molecule has 0 amide bonds. The number of aromatic nitrogens is 2. The van der Waals surface area contributed by atoms with Gasteiger partial charge in [0.25, 0.3) is 0 Å². The summed E-state index contributed by atoms with van der Waals surface area (Å²) in [6.45, 7) is 0. The average molecular weight is 201 g/mol. The Bertz CT molecular complexity index is 395. The van der Waals surface area contributed by atoms with E-state index in [0.717, 1.165) is 10.9 Å². The molecule has 12 heavy (non-hydrogen) atoms. The van der Waals surface area contributed by atoms with E-state index < -0.39 is 0 Å². The summed E-state index contributed by atoms with van der Waals surface area (Å²) in [5.41, 5.74) is 0.868. The Hall–Kier alpha value is -0.730. The minimum Gasteiger partial charge on any atom is -0.275 e. The highest BCUT2D eigenvalue weighted by Crippen LogP contribution is 2.26. The first-order valence-corrected chi connectivity index (χ1v) is 4.21. The van der Waals surface area contributed by atoms with E-state index in [0.29, 0.717) is 10.0 Å². The van der Waals surface area contributed by atoms with Crippen molar-refractivity contribution < 1.29 is 0 Å². The number of halogens is 2. The average Bonchev–Trinajstić information content (AvgIpc) is 2.30. The van der Waals surface area contributed by atoms with Crippen LogP contribution in [0.25, 0.3) is 10.9 Å². The fourth-order valence-corrected chi connectivity index (χ4v) is 1.47. The molecule has 2 aromatic rings. The van der Waals surface area contributed by atoms with Crippen LogP contribution in [0.3, 0.4) is 0 Å². The van der Waals surface area contributed by atoms with E-state index in [-0.39, 0.29) is 0 Å². The molecule has 1 heterocycles. The van der Waals surface area contributed by atoms with Gasteiger partial charge in [0.15, 0.2) is 0 Å². The van der Waals surface area contributed by atoms with Crippen molar-refractivity contribution in [3.05, 3.63) is 28.4 Å². The van der Waals surface area contributed by atoms with Crippen molar-refractivity contribution in [2.45, 2.75) is 0 Å². The molecule has 0 N–H and O–H groups in total. The predicted octanol–water partition coefficient (Wildman–Crippen LogP) is 2.88. The van der Waals surface area contributed by atoms with Crippen LogP contribution >= 0.6 is 23.2 Å². The monoisotopic (exact) mass is 200 g/mol. The van der Waals surface area contributed by atoms with Crippen molar-refractivity contribution >= 4 is 34.1 Å². The summed E-state index contributed by atoms with van der Waals surface area (Å²) >= 11 is 11.6. The SMILES string of the molecule is Cn1cc2cc(Cl)c(Cl)cc2n1. The topological polar surface area (TPSA) is 17.8 Å². The molecule has 0 aliphatic heterocycles. The van der Waals surface area contributed by atoms with Gasteiger partial charge in [0.2, 0.25) is 0 Å². The van der Waals surface area contributed by atoms with E-state index in [1.165, 1.54) is 0 Å². The fourth-order valence-electron chi connectivity index (χ4n) is 1.14. The van der Waals surface area contributed by atoms with Gasteiger partial charge in [-0.1, -0.05) is 23.2 Å². The predicted molar refractivity (Wildman–Crippen MR) is 50.7 cm³/mol. The van der Waals surface area contributed by atoms with Gasteiger partial charge in [-0.2, -0.15) is 5.10 Å². The third-order valence-electron chi connectivity index (χ3n) is 1.66. The second-order valence-corrected chi connectivity index (χ2v) is 3.44. The van der Waals surface area contributed by atoms with Crippen molar-refractivity contribution in [1.29, 1.82) is 0 Å². The molecular weight excluding hydrogens is 195 g/mol. The Balaban J connectivity index is 2.83. The molecular formula is C8H6Cl2N2. The summed E-state index contributed by atoms with van der Waals surface area (Å²) in [4.78, 5) is 0. The third kappa shape index (κ3) is 1.17. The molecule has 0 radical (unpaired) electrons. The van der Waals surface area contributed by atoms with Crippen LogP contribution in [-0.4, -0.2) is 9.78 Å². The van der Waals surface area contributed by atoms with Crippen LogP contribution in [0, 0.1) is 0 Å². The third-order valence-corrected chi connectivity index (χ3v) is 2.38. The zero-order chi connectivity index (χ0) is 8.72.